The summed E-state index contributed by atoms with van der Waals surface area (Å²) in [5, 5.41) is 19.7. The van der Waals surface area contributed by atoms with Gasteiger partial charge in [-0.25, -0.2) is 0 Å². The van der Waals surface area contributed by atoms with E-state index in [0.29, 0.717) is 16.5 Å². The first-order chi connectivity index (χ1) is 11.9. The lowest BCUT2D eigenvalue weighted by Gasteiger charge is -2.20. The number of carbonyl (C=O) groups is 2. The lowest BCUT2D eigenvalue weighted by Crippen LogP contribution is -2.20. The normalized spacial score (nSPS) is 16.3. The maximum atomic E-state index is 12.4. The molecule has 0 aliphatic heterocycles. The molecule has 2 amide bonds. The van der Waals surface area contributed by atoms with Crippen molar-refractivity contribution >= 4 is 33.8 Å². The number of nitrogens with zero attached hydrogens (tertiary/aromatic N) is 2. The fourth-order valence-corrected chi connectivity index (χ4v) is 4.46. The maximum Gasteiger partial charge on any atom is 0.319 e. The standard InChI is InChI=1S/C15H17N5O4S/c1-2-7-3-4-8-10(5-7)25-15(11(8)13(16)21)18-14(22)12-9(20(23)24)6-17-19-12/h6-7H,2-5H2,1H3,(H2,16,21)(H,17,19)(H,18,22)/t7-/m1/s1. The van der Waals surface area contributed by atoms with Crippen LogP contribution in [0.25, 0.3) is 0 Å². The second-order valence-electron chi connectivity index (χ2n) is 5.93. The number of thiophene rings is 1. The van der Waals surface area contributed by atoms with Crippen molar-refractivity contribution in [2.75, 3.05) is 5.32 Å². The fraction of sp³-hybridized carbons (Fsp3) is 0.400. The Morgan fingerprint density at radius 3 is 2.96 bits per heavy atom. The summed E-state index contributed by atoms with van der Waals surface area (Å²) >= 11 is 1.31. The summed E-state index contributed by atoms with van der Waals surface area (Å²) in [6.45, 7) is 2.12. The Morgan fingerprint density at radius 2 is 2.32 bits per heavy atom. The van der Waals surface area contributed by atoms with E-state index in [0.717, 1.165) is 42.3 Å². The molecule has 9 nitrogen and oxygen atoms in total. The number of aromatic amines is 1. The molecule has 1 aliphatic rings. The lowest BCUT2D eigenvalue weighted by atomic mass is 9.85. The van der Waals surface area contributed by atoms with Crippen molar-refractivity contribution < 1.29 is 14.5 Å². The molecule has 0 fully saturated rings. The van der Waals surface area contributed by atoms with Crippen LogP contribution in [0.2, 0.25) is 0 Å². The highest BCUT2D eigenvalue weighted by molar-refractivity contribution is 7.17. The van der Waals surface area contributed by atoms with Crippen LogP contribution in [-0.2, 0) is 12.8 Å². The lowest BCUT2D eigenvalue weighted by molar-refractivity contribution is -0.385. The number of hydrogen-bond acceptors (Lipinski definition) is 6. The number of hydrogen-bond donors (Lipinski definition) is 3. The van der Waals surface area contributed by atoms with E-state index in [1.807, 2.05) is 0 Å². The number of primary amides is 1. The Morgan fingerprint density at radius 1 is 1.56 bits per heavy atom. The molecular formula is C15H17N5O4S. The van der Waals surface area contributed by atoms with Crippen LogP contribution in [-0.4, -0.2) is 26.9 Å². The van der Waals surface area contributed by atoms with Gasteiger partial charge in [-0.15, -0.1) is 11.3 Å². The Hall–Kier alpha value is -2.75. The van der Waals surface area contributed by atoms with Gasteiger partial charge in [0.15, 0.2) is 0 Å². The van der Waals surface area contributed by atoms with E-state index in [2.05, 4.69) is 22.4 Å². The quantitative estimate of drug-likeness (QED) is 0.551. The number of nitrogens with one attached hydrogen (secondary N) is 2. The molecule has 0 bridgehead atoms. The number of anilines is 1. The van der Waals surface area contributed by atoms with E-state index in [9.17, 15) is 19.7 Å². The second-order valence-corrected chi connectivity index (χ2v) is 7.04. The minimum atomic E-state index is -0.725. The molecule has 132 valence electrons. The Bertz CT molecular complexity index is 856. The van der Waals surface area contributed by atoms with Crippen LogP contribution >= 0.6 is 11.3 Å². The molecule has 0 spiro atoms. The monoisotopic (exact) mass is 363 g/mol. The van der Waals surface area contributed by atoms with E-state index in [1.165, 1.54) is 11.3 Å². The summed E-state index contributed by atoms with van der Waals surface area (Å²) in [6, 6.07) is 0. The molecule has 4 N–H and O–H groups in total. The highest BCUT2D eigenvalue weighted by Gasteiger charge is 2.30. The van der Waals surface area contributed by atoms with Crippen molar-refractivity contribution in [3.8, 4) is 0 Å². The van der Waals surface area contributed by atoms with Crippen molar-refractivity contribution in [1.82, 2.24) is 10.2 Å². The van der Waals surface area contributed by atoms with Gasteiger partial charge in [0.25, 0.3) is 11.8 Å². The molecule has 2 aromatic heterocycles. The fourth-order valence-electron chi connectivity index (χ4n) is 3.10. The van der Waals surface area contributed by atoms with Gasteiger partial charge in [-0.1, -0.05) is 13.3 Å². The Balaban J connectivity index is 1.93. The van der Waals surface area contributed by atoms with Crippen molar-refractivity contribution in [2.24, 2.45) is 11.7 Å². The summed E-state index contributed by atoms with van der Waals surface area (Å²) in [6.07, 6.45) is 4.57. The van der Waals surface area contributed by atoms with Gasteiger partial charge < -0.3 is 11.1 Å². The number of nitrogens with two attached hydrogens (primary N) is 1. The largest absolute Gasteiger partial charge is 0.365 e. The zero-order valence-electron chi connectivity index (χ0n) is 13.5. The third-order valence-corrected chi connectivity index (χ3v) is 5.63. The average Bonchev–Trinajstić information content (AvgIpc) is 3.18. The molecule has 1 atom stereocenters. The summed E-state index contributed by atoms with van der Waals surface area (Å²) in [7, 11) is 0. The van der Waals surface area contributed by atoms with Crippen LogP contribution in [0, 0.1) is 16.0 Å². The van der Waals surface area contributed by atoms with Gasteiger partial charge in [-0.05, 0) is 30.7 Å². The molecule has 2 heterocycles. The minimum Gasteiger partial charge on any atom is -0.365 e. The SMILES string of the molecule is CC[C@@H]1CCc2c(sc(NC(=O)c3[nH]ncc3[N+](=O)[O-])c2C(N)=O)C1. The summed E-state index contributed by atoms with van der Waals surface area (Å²) in [5.74, 6) is -0.789. The van der Waals surface area contributed by atoms with Crippen LogP contribution in [0.3, 0.4) is 0 Å². The van der Waals surface area contributed by atoms with E-state index in [1.54, 1.807) is 0 Å². The number of H-pyrrole nitrogens is 1. The van der Waals surface area contributed by atoms with Crippen LogP contribution in [0.15, 0.2) is 6.20 Å². The molecule has 3 rings (SSSR count). The Labute approximate surface area is 146 Å². The molecule has 0 saturated heterocycles. The van der Waals surface area contributed by atoms with Crippen molar-refractivity contribution in [1.29, 1.82) is 0 Å². The highest BCUT2D eigenvalue weighted by Crippen LogP contribution is 2.40. The number of carbonyl (C=O) groups excluding carboxylic acids is 2. The smallest absolute Gasteiger partial charge is 0.319 e. The topological polar surface area (TPSA) is 144 Å². The van der Waals surface area contributed by atoms with Crippen LogP contribution in [0.5, 0.6) is 0 Å². The highest BCUT2D eigenvalue weighted by atomic mass is 32.1. The summed E-state index contributed by atoms with van der Waals surface area (Å²) in [4.78, 5) is 35.6. The van der Waals surface area contributed by atoms with Crippen LogP contribution in [0.4, 0.5) is 10.7 Å². The molecular weight excluding hydrogens is 346 g/mol. The van der Waals surface area contributed by atoms with E-state index < -0.39 is 22.4 Å². The van der Waals surface area contributed by atoms with Crippen molar-refractivity contribution in [2.45, 2.75) is 32.6 Å². The zero-order valence-corrected chi connectivity index (χ0v) is 14.3. The molecule has 1 aliphatic carbocycles. The Kier molecular flexibility index (Phi) is 4.53. The zero-order chi connectivity index (χ0) is 18.1. The first-order valence-electron chi connectivity index (χ1n) is 7.85. The predicted molar refractivity (Wildman–Crippen MR) is 91.8 cm³/mol. The van der Waals surface area contributed by atoms with Crippen LogP contribution in [0.1, 0.15) is 51.1 Å². The third kappa shape index (κ3) is 3.12. The molecule has 25 heavy (non-hydrogen) atoms. The molecule has 0 unspecified atom stereocenters. The molecule has 10 heteroatoms. The first kappa shape index (κ1) is 17.1. The molecule has 0 saturated carbocycles. The van der Waals surface area contributed by atoms with E-state index in [4.69, 9.17) is 5.73 Å². The number of nitro groups is 1. The van der Waals surface area contributed by atoms with Gasteiger partial charge in [0.2, 0.25) is 5.69 Å². The maximum absolute atomic E-state index is 12.4. The second kappa shape index (κ2) is 6.63. The van der Waals surface area contributed by atoms with Gasteiger partial charge in [0, 0.05) is 4.88 Å². The predicted octanol–water partition coefficient (Wildman–Crippen LogP) is 2.25. The van der Waals surface area contributed by atoms with Gasteiger partial charge in [-0.2, -0.15) is 5.10 Å². The average molecular weight is 363 g/mol. The van der Waals surface area contributed by atoms with E-state index in [-0.39, 0.29) is 5.69 Å². The van der Waals surface area contributed by atoms with Gasteiger partial charge in [0.05, 0.1) is 10.5 Å². The summed E-state index contributed by atoms with van der Waals surface area (Å²) in [5.41, 5.74) is 6.02. The third-order valence-electron chi connectivity index (χ3n) is 4.46. The van der Waals surface area contributed by atoms with Gasteiger partial charge in [0.1, 0.15) is 11.2 Å². The van der Waals surface area contributed by atoms with Gasteiger partial charge >= 0.3 is 5.69 Å². The summed E-state index contributed by atoms with van der Waals surface area (Å²) < 4.78 is 0. The van der Waals surface area contributed by atoms with Crippen molar-refractivity contribution in [3.05, 3.63) is 38.0 Å². The molecule has 2 aromatic rings. The van der Waals surface area contributed by atoms with Crippen molar-refractivity contribution in [3.63, 3.8) is 0 Å². The molecule has 0 aromatic carbocycles. The molecule has 0 radical (unpaired) electrons. The number of amides is 2. The van der Waals surface area contributed by atoms with Gasteiger partial charge in [-0.3, -0.25) is 24.8 Å². The number of rotatable bonds is 5. The van der Waals surface area contributed by atoms with E-state index >= 15 is 0 Å². The minimum absolute atomic E-state index is 0.266. The number of fused-ring (bicyclic) bond motifs is 1. The first-order valence-corrected chi connectivity index (χ1v) is 8.67. The van der Waals surface area contributed by atoms with Crippen LogP contribution < -0.4 is 11.1 Å². The number of aromatic nitrogens is 2.